The van der Waals surface area contributed by atoms with E-state index < -0.39 is 0 Å². The molecule has 2 heterocycles. The van der Waals surface area contributed by atoms with Crippen molar-refractivity contribution in [2.24, 2.45) is 0 Å². The van der Waals surface area contributed by atoms with E-state index in [0.29, 0.717) is 0 Å². The van der Waals surface area contributed by atoms with Crippen LogP contribution in [0.2, 0.25) is 0 Å². The normalized spacial score (nSPS) is 27.5. The highest BCUT2D eigenvalue weighted by atomic mass is 79.9. The third-order valence-electron chi connectivity index (χ3n) is 2.35. The van der Waals surface area contributed by atoms with Crippen LogP contribution in [-0.2, 0) is 9.53 Å². The molecule has 0 spiro atoms. The molecular weight excluding hydrogens is 264 g/mol. The van der Waals surface area contributed by atoms with Gasteiger partial charge in [-0.3, -0.25) is 0 Å². The van der Waals surface area contributed by atoms with Gasteiger partial charge in [-0.15, -0.1) is 11.3 Å². The Labute approximate surface area is 95.4 Å². The molecule has 2 rings (SSSR count). The maximum Gasteiger partial charge on any atom is 0.148 e. The predicted molar refractivity (Wildman–Crippen MR) is 59.5 cm³/mol. The topological polar surface area (TPSA) is 26.3 Å². The number of rotatable bonds is 2. The number of carbonyl (C=O) groups excluding carboxylic acids is 1. The van der Waals surface area contributed by atoms with Crippen LogP contribution in [0.25, 0.3) is 0 Å². The molecule has 0 N–H and O–H groups in total. The fraction of sp³-hybridized carbons (Fsp3) is 0.500. The molecule has 1 fully saturated rings. The van der Waals surface area contributed by atoms with Gasteiger partial charge in [-0.25, -0.2) is 0 Å². The van der Waals surface area contributed by atoms with Crippen LogP contribution in [0.3, 0.4) is 0 Å². The van der Waals surface area contributed by atoms with E-state index in [-0.39, 0.29) is 12.2 Å². The van der Waals surface area contributed by atoms with Crippen molar-refractivity contribution >= 4 is 33.6 Å². The standard InChI is InChI=1S/C10H11BrO2S/c11-7-4-10(14-6-7)9-3-1-2-8(5-12)13-9/h4-6,8-9H,1-3H2. The zero-order valence-electron chi connectivity index (χ0n) is 7.61. The van der Waals surface area contributed by atoms with Crippen LogP contribution < -0.4 is 0 Å². The summed E-state index contributed by atoms with van der Waals surface area (Å²) in [6.07, 6.45) is 3.80. The Hall–Kier alpha value is -0.190. The minimum Gasteiger partial charge on any atom is -0.362 e. The van der Waals surface area contributed by atoms with Crippen LogP contribution in [0.4, 0.5) is 0 Å². The van der Waals surface area contributed by atoms with Gasteiger partial charge in [-0.1, -0.05) is 0 Å². The number of carbonyl (C=O) groups is 1. The Bertz CT molecular complexity index is 324. The average molecular weight is 275 g/mol. The Balaban J connectivity index is 2.07. The highest BCUT2D eigenvalue weighted by molar-refractivity contribution is 9.10. The number of hydrogen-bond donors (Lipinski definition) is 0. The quantitative estimate of drug-likeness (QED) is 0.774. The minimum atomic E-state index is -0.199. The van der Waals surface area contributed by atoms with Crippen molar-refractivity contribution in [2.75, 3.05) is 0 Å². The van der Waals surface area contributed by atoms with E-state index in [9.17, 15) is 4.79 Å². The molecule has 76 valence electrons. The molecule has 4 heteroatoms. The van der Waals surface area contributed by atoms with Crippen LogP contribution in [-0.4, -0.2) is 12.4 Å². The first-order valence-electron chi connectivity index (χ1n) is 4.64. The van der Waals surface area contributed by atoms with Crippen LogP contribution in [0.15, 0.2) is 15.9 Å². The highest BCUT2D eigenvalue weighted by Gasteiger charge is 2.24. The van der Waals surface area contributed by atoms with Crippen molar-refractivity contribution in [3.63, 3.8) is 0 Å². The van der Waals surface area contributed by atoms with E-state index in [1.54, 1.807) is 11.3 Å². The molecule has 2 atom stereocenters. The number of aldehydes is 1. The van der Waals surface area contributed by atoms with E-state index in [2.05, 4.69) is 22.0 Å². The Morgan fingerprint density at radius 3 is 3.07 bits per heavy atom. The van der Waals surface area contributed by atoms with Gasteiger partial charge in [0.05, 0.1) is 6.10 Å². The summed E-state index contributed by atoms with van der Waals surface area (Å²) in [7, 11) is 0. The predicted octanol–water partition coefficient (Wildman–Crippen LogP) is 3.32. The second-order valence-electron chi connectivity index (χ2n) is 3.40. The SMILES string of the molecule is O=CC1CCCC(c2cc(Br)cs2)O1. The van der Waals surface area contributed by atoms with Gasteiger partial charge in [0, 0.05) is 14.7 Å². The molecule has 1 aliphatic rings. The smallest absolute Gasteiger partial charge is 0.148 e. The van der Waals surface area contributed by atoms with Crippen molar-refractivity contribution in [2.45, 2.75) is 31.5 Å². The maximum absolute atomic E-state index is 10.6. The summed E-state index contributed by atoms with van der Waals surface area (Å²) in [6, 6.07) is 2.07. The molecule has 1 saturated heterocycles. The van der Waals surface area contributed by atoms with Crippen LogP contribution >= 0.6 is 27.3 Å². The molecule has 0 aromatic carbocycles. The first kappa shape index (κ1) is 10.3. The number of halogens is 1. The van der Waals surface area contributed by atoms with E-state index in [1.807, 2.05) is 5.38 Å². The van der Waals surface area contributed by atoms with E-state index in [4.69, 9.17) is 4.74 Å². The van der Waals surface area contributed by atoms with E-state index in [1.165, 1.54) is 4.88 Å². The number of thiophene rings is 1. The first-order valence-corrected chi connectivity index (χ1v) is 6.31. The molecule has 2 unspecified atom stereocenters. The lowest BCUT2D eigenvalue weighted by atomic mass is 10.0. The molecule has 0 bridgehead atoms. The van der Waals surface area contributed by atoms with Crippen molar-refractivity contribution < 1.29 is 9.53 Å². The summed E-state index contributed by atoms with van der Waals surface area (Å²) in [5.41, 5.74) is 0. The molecule has 1 aromatic rings. The van der Waals surface area contributed by atoms with Gasteiger partial charge in [0.2, 0.25) is 0 Å². The molecule has 0 radical (unpaired) electrons. The van der Waals surface area contributed by atoms with Gasteiger partial charge in [-0.05, 0) is 41.3 Å². The molecule has 2 nitrogen and oxygen atoms in total. The summed E-state index contributed by atoms with van der Waals surface area (Å²) in [6.45, 7) is 0. The molecule has 14 heavy (non-hydrogen) atoms. The van der Waals surface area contributed by atoms with E-state index >= 15 is 0 Å². The fourth-order valence-corrected chi connectivity index (χ4v) is 3.17. The maximum atomic E-state index is 10.6. The Morgan fingerprint density at radius 2 is 2.43 bits per heavy atom. The lowest BCUT2D eigenvalue weighted by Gasteiger charge is -2.25. The molecule has 0 amide bonds. The molecule has 0 aliphatic carbocycles. The Kier molecular flexibility index (Phi) is 3.36. The minimum absolute atomic E-state index is 0.121. The van der Waals surface area contributed by atoms with Crippen LogP contribution in [0, 0.1) is 0 Å². The number of hydrogen-bond acceptors (Lipinski definition) is 3. The summed E-state index contributed by atoms with van der Waals surface area (Å²) < 4.78 is 6.75. The van der Waals surface area contributed by atoms with Crippen LogP contribution in [0.1, 0.15) is 30.2 Å². The fourth-order valence-electron chi connectivity index (χ4n) is 1.66. The molecule has 1 aromatic heterocycles. The summed E-state index contributed by atoms with van der Waals surface area (Å²) in [5, 5.41) is 2.04. The zero-order valence-corrected chi connectivity index (χ0v) is 10.0. The Morgan fingerprint density at radius 1 is 1.57 bits per heavy atom. The third kappa shape index (κ3) is 2.24. The molecular formula is C10H11BrO2S. The van der Waals surface area contributed by atoms with Crippen molar-refractivity contribution in [1.82, 2.24) is 0 Å². The summed E-state index contributed by atoms with van der Waals surface area (Å²) in [5.74, 6) is 0. The van der Waals surface area contributed by atoms with Gasteiger partial charge in [0.1, 0.15) is 12.4 Å². The largest absolute Gasteiger partial charge is 0.362 e. The summed E-state index contributed by atoms with van der Waals surface area (Å²) in [4.78, 5) is 11.8. The molecule has 1 aliphatic heterocycles. The third-order valence-corrected chi connectivity index (χ3v) is 4.14. The van der Waals surface area contributed by atoms with Gasteiger partial charge >= 0.3 is 0 Å². The lowest BCUT2D eigenvalue weighted by molar-refractivity contribution is -0.126. The highest BCUT2D eigenvalue weighted by Crippen LogP contribution is 2.35. The van der Waals surface area contributed by atoms with Gasteiger partial charge in [-0.2, -0.15) is 0 Å². The zero-order chi connectivity index (χ0) is 9.97. The molecule has 0 saturated carbocycles. The second-order valence-corrected chi connectivity index (χ2v) is 5.26. The average Bonchev–Trinajstić information content (AvgIpc) is 2.65. The lowest BCUT2D eigenvalue weighted by Crippen LogP contribution is -2.22. The monoisotopic (exact) mass is 274 g/mol. The second kappa shape index (κ2) is 4.55. The number of ether oxygens (including phenoxy) is 1. The van der Waals surface area contributed by atoms with Crippen molar-refractivity contribution in [3.8, 4) is 0 Å². The first-order chi connectivity index (χ1) is 6.79. The van der Waals surface area contributed by atoms with Crippen molar-refractivity contribution in [3.05, 3.63) is 20.8 Å². The van der Waals surface area contributed by atoms with E-state index in [0.717, 1.165) is 30.0 Å². The summed E-state index contributed by atoms with van der Waals surface area (Å²) >= 11 is 5.10. The van der Waals surface area contributed by atoms with Gasteiger partial charge in [0.15, 0.2) is 0 Å². The van der Waals surface area contributed by atoms with Gasteiger partial charge < -0.3 is 9.53 Å². The van der Waals surface area contributed by atoms with Crippen molar-refractivity contribution in [1.29, 1.82) is 0 Å². The van der Waals surface area contributed by atoms with Crippen LogP contribution in [0.5, 0.6) is 0 Å². The van der Waals surface area contributed by atoms with Gasteiger partial charge in [0.25, 0.3) is 0 Å².